The first-order valence-electron chi connectivity index (χ1n) is 7.85. The molecular weight excluding hydrogens is 318 g/mol. The van der Waals surface area contributed by atoms with Crippen molar-refractivity contribution in [2.45, 2.75) is 13.0 Å². The van der Waals surface area contributed by atoms with Gasteiger partial charge in [-0.3, -0.25) is 4.79 Å². The Labute approximate surface area is 146 Å². The SMILES string of the molecule is C[C@H](NC(=O)/C=C/c1ccc(Cl)cc1)c1ccc2ccccc2c1. The fourth-order valence-corrected chi connectivity index (χ4v) is 2.69. The van der Waals surface area contributed by atoms with Crippen molar-refractivity contribution in [2.24, 2.45) is 0 Å². The lowest BCUT2D eigenvalue weighted by Gasteiger charge is -2.13. The molecule has 1 N–H and O–H groups in total. The number of benzene rings is 3. The lowest BCUT2D eigenvalue weighted by atomic mass is 10.0. The molecule has 0 heterocycles. The maximum atomic E-state index is 12.1. The molecule has 0 aliphatic carbocycles. The molecule has 1 atom stereocenters. The van der Waals surface area contributed by atoms with Gasteiger partial charge in [0.05, 0.1) is 6.04 Å². The topological polar surface area (TPSA) is 29.1 Å². The summed E-state index contributed by atoms with van der Waals surface area (Å²) in [6.07, 6.45) is 3.32. The zero-order valence-corrected chi connectivity index (χ0v) is 14.1. The second-order valence-electron chi connectivity index (χ2n) is 5.72. The van der Waals surface area contributed by atoms with E-state index in [4.69, 9.17) is 11.6 Å². The van der Waals surface area contributed by atoms with Crippen LogP contribution in [0.5, 0.6) is 0 Å². The number of fused-ring (bicyclic) bond motifs is 1. The molecule has 1 amide bonds. The van der Waals surface area contributed by atoms with E-state index in [0.717, 1.165) is 11.1 Å². The zero-order chi connectivity index (χ0) is 16.9. The van der Waals surface area contributed by atoms with Gasteiger partial charge in [0, 0.05) is 11.1 Å². The summed E-state index contributed by atoms with van der Waals surface area (Å²) in [5, 5.41) is 6.04. The van der Waals surface area contributed by atoms with Crippen molar-refractivity contribution in [3.05, 3.63) is 89.0 Å². The van der Waals surface area contributed by atoms with Gasteiger partial charge in [-0.2, -0.15) is 0 Å². The van der Waals surface area contributed by atoms with E-state index in [1.54, 1.807) is 24.3 Å². The third kappa shape index (κ3) is 4.03. The van der Waals surface area contributed by atoms with Crippen molar-refractivity contribution in [1.29, 1.82) is 0 Å². The molecule has 3 heteroatoms. The zero-order valence-electron chi connectivity index (χ0n) is 13.4. The van der Waals surface area contributed by atoms with Crippen LogP contribution >= 0.6 is 11.6 Å². The predicted octanol–water partition coefficient (Wildman–Crippen LogP) is 5.38. The summed E-state index contributed by atoms with van der Waals surface area (Å²) in [4.78, 5) is 12.1. The van der Waals surface area contributed by atoms with Crippen LogP contribution < -0.4 is 5.32 Å². The quantitative estimate of drug-likeness (QED) is 0.637. The summed E-state index contributed by atoms with van der Waals surface area (Å²) in [6.45, 7) is 1.98. The van der Waals surface area contributed by atoms with Gasteiger partial charge in [-0.05, 0) is 53.1 Å². The van der Waals surface area contributed by atoms with E-state index in [1.165, 1.54) is 10.8 Å². The van der Waals surface area contributed by atoms with Gasteiger partial charge in [0.1, 0.15) is 0 Å². The van der Waals surface area contributed by atoms with Gasteiger partial charge in [-0.15, -0.1) is 0 Å². The van der Waals surface area contributed by atoms with Gasteiger partial charge in [0.15, 0.2) is 0 Å². The summed E-state index contributed by atoms with van der Waals surface area (Å²) in [5.74, 6) is -0.120. The molecule has 0 aliphatic rings. The number of carbonyl (C=O) groups excluding carboxylic acids is 1. The molecule has 24 heavy (non-hydrogen) atoms. The Kier molecular flexibility index (Phi) is 4.97. The minimum Gasteiger partial charge on any atom is -0.346 e. The lowest BCUT2D eigenvalue weighted by Crippen LogP contribution is -2.24. The predicted molar refractivity (Wildman–Crippen MR) is 101 cm³/mol. The first kappa shape index (κ1) is 16.3. The smallest absolute Gasteiger partial charge is 0.244 e. The number of hydrogen-bond acceptors (Lipinski definition) is 1. The van der Waals surface area contributed by atoms with Crippen LogP contribution in [0.2, 0.25) is 5.02 Å². The van der Waals surface area contributed by atoms with E-state index < -0.39 is 0 Å². The maximum absolute atomic E-state index is 12.1. The van der Waals surface area contributed by atoms with E-state index in [1.807, 2.05) is 31.2 Å². The normalized spacial score (nSPS) is 12.4. The molecule has 3 aromatic rings. The Morgan fingerprint density at radius 3 is 2.46 bits per heavy atom. The Balaban J connectivity index is 1.67. The first-order valence-corrected chi connectivity index (χ1v) is 8.22. The molecule has 120 valence electrons. The van der Waals surface area contributed by atoms with Crippen LogP contribution in [0.4, 0.5) is 0 Å². The molecule has 3 rings (SSSR count). The number of amides is 1. The van der Waals surface area contributed by atoms with Crippen molar-refractivity contribution >= 4 is 34.4 Å². The van der Waals surface area contributed by atoms with Crippen LogP contribution in [0.3, 0.4) is 0 Å². The molecular formula is C21H18ClNO. The fourth-order valence-electron chi connectivity index (χ4n) is 2.57. The van der Waals surface area contributed by atoms with E-state index in [9.17, 15) is 4.79 Å². The van der Waals surface area contributed by atoms with E-state index in [-0.39, 0.29) is 11.9 Å². The van der Waals surface area contributed by atoms with E-state index in [0.29, 0.717) is 5.02 Å². The van der Waals surface area contributed by atoms with Crippen molar-refractivity contribution in [3.63, 3.8) is 0 Å². The molecule has 0 saturated heterocycles. The second-order valence-corrected chi connectivity index (χ2v) is 6.16. The minimum absolute atomic E-state index is 0.0584. The minimum atomic E-state index is -0.120. The average Bonchev–Trinajstić information content (AvgIpc) is 2.61. The van der Waals surface area contributed by atoms with Crippen LogP contribution in [0.1, 0.15) is 24.1 Å². The van der Waals surface area contributed by atoms with E-state index in [2.05, 4.69) is 35.6 Å². The van der Waals surface area contributed by atoms with Crippen molar-refractivity contribution in [3.8, 4) is 0 Å². The lowest BCUT2D eigenvalue weighted by molar-refractivity contribution is -0.117. The first-order chi connectivity index (χ1) is 11.6. The summed E-state index contributed by atoms with van der Waals surface area (Å²) >= 11 is 5.85. The van der Waals surface area contributed by atoms with Gasteiger partial charge in [0.2, 0.25) is 5.91 Å². The van der Waals surface area contributed by atoms with Crippen LogP contribution in [-0.2, 0) is 4.79 Å². The molecule has 0 saturated carbocycles. The highest BCUT2D eigenvalue weighted by atomic mass is 35.5. The summed E-state index contributed by atoms with van der Waals surface area (Å²) in [7, 11) is 0. The van der Waals surface area contributed by atoms with Gasteiger partial charge in [-0.25, -0.2) is 0 Å². The summed E-state index contributed by atoms with van der Waals surface area (Å²) < 4.78 is 0. The molecule has 3 aromatic carbocycles. The van der Waals surface area contributed by atoms with Crippen LogP contribution in [0.15, 0.2) is 72.8 Å². The molecule has 0 radical (unpaired) electrons. The van der Waals surface area contributed by atoms with Crippen molar-refractivity contribution in [1.82, 2.24) is 5.32 Å². The standard InChI is InChI=1S/C21H18ClNO/c1-15(18-10-9-17-4-2-3-5-19(17)14-18)23-21(24)13-8-16-6-11-20(22)12-7-16/h2-15H,1H3,(H,23,24)/b13-8+/t15-/m0/s1. The highest BCUT2D eigenvalue weighted by molar-refractivity contribution is 6.30. The Bertz CT molecular complexity index is 884. The molecule has 0 fully saturated rings. The Morgan fingerprint density at radius 2 is 1.71 bits per heavy atom. The molecule has 0 spiro atoms. The second kappa shape index (κ2) is 7.33. The van der Waals surface area contributed by atoms with Gasteiger partial charge in [0.25, 0.3) is 0 Å². The third-order valence-corrected chi connectivity index (χ3v) is 4.18. The van der Waals surface area contributed by atoms with Gasteiger partial charge in [-0.1, -0.05) is 60.1 Å². The highest BCUT2D eigenvalue weighted by Crippen LogP contribution is 2.20. The third-order valence-electron chi connectivity index (χ3n) is 3.93. The maximum Gasteiger partial charge on any atom is 0.244 e. The highest BCUT2D eigenvalue weighted by Gasteiger charge is 2.08. The molecule has 0 aromatic heterocycles. The average molecular weight is 336 g/mol. The molecule has 0 bridgehead atoms. The van der Waals surface area contributed by atoms with Crippen LogP contribution in [0.25, 0.3) is 16.8 Å². The number of carbonyl (C=O) groups is 1. The number of halogens is 1. The van der Waals surface area contributed by atoms with Crippen LogP contribution in [-0.4, -0.2) is 5.91 Å². The largest absolute Gasteiger partial charge is 0.346 e. The van der Waals surface area contributed by atoms with E-state index >= 15 is 0 Å². The van der Waals surface area contributed by atoms with Gasteiger partial charge >= 0.3 is 0 Å². The Morgan fingerprint density at radius 1 is 1.00 bits per heavy atom. The van der Waals surface area contributed by atoms with Gasteiger partial charge < -0.3 is 5.32 Å². The van der Waals surface area contributed by atoms with Crippen molar-refractivity contribution in [2.75, 3.05) is 0 Å². The molecule has 2 nitrogen and oxygen atoms in total. The molecule has 0 aliphatic heterocycles. The number of hydrogen-bond donors (Lipinski definition) is 1. The Hall–Kier alpha value is -2.58. The van der Waals surface area contributed by atoms with Crippen LogP contribution in [0, 0.1) is 0 Å². The number of rotatable bonds is 4. The summed E-state index contributed by atoms with van der Waals surface area (Å²) in [6, 6.07) is 21.7. The molecule has 0 unspecified atom stereocenters. The fraction of sp³-hybridized carbons (Fsp3) is 0.0952. The number of nitrogens with one attached hydrogen (secondary N) is 1. The monoisotopic (exact) mass is 335 g/mol. The van der Waals surface area contributed by atoms with Crippen molar-refractivity contribution < 1.29 is 4.79 Å². The summed E-state index contributed by atoms with van der Waals surface area (Å²) in [5.41, 5.74) is 2.02.